The van der Waals surface area contributed by atoms with E-state index in [1.54, 1.807) is 19.2 Å². The van der Waals surface area contributed by atoms with E-state index >= 15 is 0 Å². The van der Waals surface area contributed by atoms with Crippen LogP contribution in [0, 0.1) is 0 Å². The van der Waals surface area contributed by atoms with Gasteiger partial charge in [0.15, 0.2) is 0 Å². The summed E-state index contributed by atoms with van der Waals surface area (Å²) in [6.45, 7) is -0.447. The number of hydrogen-bond donors (Lipinski definition) is 2. The normalized spacial score (nSPS) is 13.7. The van der Waals surface area contributed by atoms with Crippen molar-refractivity contribution in [3.05, 3.63) is 77.8 Å². The van der Waals surface area contributed by atoms with Gasteiger partial charge < -0.3 is 14.6 Å². The average molecular weight is 485 g/mol. The Morgan fingerprint density at radius 2 is 1.61 bits per heavy atom. The molecule has 0 fully saturated rings. The van der Waals surface area contributed by atoms with E-state index in [1.165, 1.54) is 30.6 Å². The highest BCUT2D eigenvalue weighted by atomic mass is 32.2. The summed E-state index contributed by atoms with van der Waals surface area (Å²) < 4.78 is 40.3. The number of thiazole rings is 1. The summed E-state index contributed by atoms with van der Waals surface area (Å²) in [7, 11) is -0.835. The summed E-state index contributed by atoms with van der Waals surface area (Å²) in [5, 5.41) is 10.6. The standard InChI is InChI=1S/C24H24N2O5S2/c1-30-18-11-7-16(8-12-18)17-9-13-19(14-10-17)33(28,29)26-21(15-27)23(31-2)24-25-20-5-3-4-6-22(20)32-24/h3-14,21,23,26-27H,15H2,1-2H3/t21?,23-/m0/s1. The van der Waals surface area contributed by atoms with Crippen LogP contribution in [0.5, 0.6) is 5.75 Å². The zero-order valence-corrected chi connectivity index (χ0v) is 19.8. The first-order valence-electron chi connectivity index (χ1n) is 10.2. The van der Waals surface area contributed by atoms with Crippen LogP contribution in [0.2, 0.25) is 0 Å². The fourth-order valence-electron chi connectivity index (χ4n) is 3.52. The van der Waals surface area contributed by atoms with E-state index in [-0.39, 0.29) is 4.90 Å². The number of rotatable bonds is 9. The Balaban J connectivity index is 1.55. The number of nitrogens with zero attached hydrogens (tertiary/aromatic N) is 1. The van der Waals surface area contributed by atoms with Crippen LogP contribution in [-0.2, 0) is 14.8 Å². The molecule has 3 aromatic carbocycles. The Morgan fingerprint density at radius 1 is 0.970 bits per heavy atom. The van der Waals surface area contributed by atoms with Gasteiger partial charge in [-0.25, -0.2) is 18.1 Å². The van der Waals surface area contributed by atoms with Gasteiger partial charge in [-0.2, -0.15) is 0 Å². The number of aliphatic hydroxyl groups is 1. The minimum absolute atomic E-state index is 0.0948. The largest absolute Gasteiger partial charge is 0.497 e. The highest BCUT2D eigenvalue weighted by molar-refractivity contribution is 7.89. The Hall–Kier alpha value is -2.82. The molecule has 0 aliphatic carbocycles. The number of nitrogens with one attached hydrogen (secondary N) is 1. The molecule has 2 N–H and O–H groups in total. The first kappa shape index (κ1) is 23.3. The summed E-state index contributed by atoms with van der Waals surface area (Å²) in [6, 6.07) is 20.8. The summed E-state index contributed by atoms with van der Waals surface area (Å²) in [5.74, 6) is 0.748. The molecule has 0 aliphatic rings. The number of fused-ring (bicyclic) bond motifs is 1. The maximum atomic E-state index is 13.0. The smallest absolute Gasteiger partial charge is 0.240 e. The lowest BCUT2D eigenvalue weighted by Gasteiger charge is -2.23. The van der Waals surface area contributed by atoms with Gasteiger partial charge in [-0.15, -0.1) is 11.3 Å². The van der Waals surface area contributed by atoms with E-state index in [0.717, 1.165) is 27.1 Å². The van der Waals surface area contributed by atoms with Crippen molar-refractivity contribution >= 4 is 31.6 Å². The van der Waals surface area contributed by atoms with Crippen molar-refractivity contribution in [3.63, 3.8) is 0 Å². The Labute approximate surface area is 196 Å². The molecule has 0 bridgehead atoms. The van der Waals surface area contributed by atoms with Crippen molar-refractivity contribution in [2.75, 3.05) is 20.8 Å². The van der Waals surface area contributed by atoms with Crippen molar-refractivity contribution in [3.8, 4) is 16.9 Å². The molecule has 0 aliphatic heterocycles. The predicted molar refractivity (Wildman–Crippen MR) is 129 cm³/mol. The number of aromatic nitrogens is 1. The summed E-state index contributed by atoms with van der Waals surface area (Å²) in [6.07, 6.45) is -0.735. The SMILES string of the molecule is COc1ccc(-c2ccc(S(=O)(=O)NC(CO)[C@H](OC)c3nc4ccccc4s3)cc2)cc1. The number of methoxy groups -OCH3 is 2. The van der Waals surface area contributed by atoms with Crippen LogP contribution in [0.4, 0.5) is 0 Å². The third-order valence-electron chi connectivity index (χ3n) is 5.26. The minimum Gasteiger partial charge on any atom is -0.497 e. The third-order valence-corrected chi connectivity index (χ3v) is 7.87. The quantitative estimate of drug-likeness (QED) is 0.373. The summed E-state index contributed by atoms with van der Waals surface area (Å²) in [4.78, 5) is 4.65. The number of aliphatic hydroxyl groups excluding tert-OH is 1. The Morgan fingerprint density at radius 3 is 2.18 bits per heavy atom. The molecule has 1 heterocycles. The maximum Gasteiger partial charge on any atom is 0.240 e. The lowest BCUT2D eigenvalue weighted by molar-refractivity contribution is 0.0530. The van der Waals surface area contributed by atoms with Crippen LogP contribution < -0.4 is 9.46 Å². The highest BCUT2D eigenvalue weighted by Gasteiger charge is 2.30. The Bertz CT molecular complexity index is 1290. The van der Waals surface area contributed by atoms with Crippen LogP contribution in [0.25, 0.3) is 21.3 Å². The molecule has 4 aromatic rings. The van der Waals surface area contributed by atoms with Crippen molar-refractivity contribution in [1.29, 1.82) is 0 Å². The molecule has 33 heavy (non-hydrogen) atoms. The molecule has 1 unspecified atom stereocenters. The number of para-hydroxylation sites is 1. The van der Waals surface area contributed by atoms with E-state index in [9.17, 15) is 13.5 Å². The summed E-state index contributed by atoms with van der Waals surface area (Å²) in [5.41, 5.74) is 2.61. The topological polar surface area (TPSA) is 97.8 Å². The van der Waals surface area contributed by atoms with E-state index in [0.29, 0.717) is 5.01 Å². The molecule has 4 rings (SSSR count). The molecule has 0 saturated carbocycles. The van der Waals surface area contributed by atoms with Gasteiger partial charge in [-0.05, 0) is 47.5 Å². The fourth-order valence-corrected chi connectivity index (χ4v) is 5.86. The zero-order valence-electron chi connectivity index (χ0n) is 18.1. The monoisotopic (exact) mass is 484 g/mol. The van der Waals surface area contributed by atoms with Crippen molar-refractivity contribution in [2.24, 2.45) is 0 Å². The summed E-state index contributed by atoms with van der Waals surface area (Å²) >= 11 is 1.41. The first-order valence-corrected chi connectivity index (χ1v) is 12.5. The number of benzene rings is 3. The van der Waals surface area contributed by atoms with Crippen LogP contribution in [0.1, 0.15) is 11.1 Å². The zero-order chi connectivity index (χ0) is 23.4. The Kier molecular flexibility index (Phi) is 7.06. The van der Waals surface area contributed by atoms with Gasteiger partial charge in [0.2, 0.25) is 10.0 Å². The molecular formula is C24H24N2O5S2. The minimum atomic E-state index is -3.91. The van der Waals surface area contributed by atoms with Gasteiger partial charge in [-0.1, -0.05) is 36.4 Å². The predicted octanol–water partition coefficient (Wildman–Crippen LogP) is 4.00. The molecule has 0 saturated heterocycles. The molecule has 0 amide bonds. The molecule has 7 nitrogen and oxygen atoms in total. The molecule has 1 aromatic heterocycles. The average Bonchev–Trinajstić information content (AvgIpc) is 3.27. The second-order valence-electron chi connectivity index (χ2n) is 7.34. The van der Waals surface area contributed by atoms with Crippen LogP contribution in [0.3, 0.4) is 0 Å². The number of sulfonamides is 1. The van der Waals surface area contributed by atoms with Gasteiger partial charge in [-0.3, -0.25) is 0 Å². The lowest BCUT2D eigenvalue weighted by Crippen LogP contribution is -2.42. The number of ether oxygens (including phenoxy) is 2. The lowest BCUT2D eigenvalue weighted by atomic mass is 10.1. The van der Waals surface area contributed by atoms with E-state index in [1.807, 2.05) is 48.5 Å². The van der Waals surface area contributed by atoms with Crippen molar-refractivity contribution in [2.45, 2.75) is 17.0 Å². The van der Waals surface area contributed by atoms with Crippen LogP contribution in [0.15, 0.2) is 77.7 Å². The van der Waals surface area contributed by atoms with Gasteiger partial charge in [0, 0.05) is 7.11 Å². The fraction of sp³-hybridized carbons (Fsp3) is 0.208. The number of hydrogen-bond acceptors (Lipinski definition) is 7. The molecule has 2 atom stereocenters. The molecule has 0 radical (unpaired) electrons. The molecular weight excluding hydrogens is 460 g/mol. The molecule has 9 heteroatoms. The van der Waals surface area contributed by atoms with E-state index in [2.05, 4.69) is 9.71 Å². The van der Waals surface area contributed by atoms with Crippen molar-refractivity contribution < 1.29 is 23.0 Å². The second-order valence-corrected chi connectivity index (χ2v) is 10.1. The van der Waals surface area contributed by atoms with Gasteiger partial charge in [0.05, 0.1) is 34.9 Å². The van der Waals surface area contributed by atoms with Gasteiger partial charge in [0.25, 0.3) is 0 Å². The van der Waals surface area contributed by atoms with Crippen molar-refractivity contribution in [1.82, 2.24) is 9.71 Å². The van der Waals surface area contributed by atoms with Gasteiger partial charge >= 0.3 is 0 Å². The van der Waals surface area contributed by atoms with E-state index < -0.39 is 28.8 Å². The molecule has 0 spiro atoms. The van der Waals surface area contributed by atoms with Crippen LogP contribution >= 0.6 is 11.3 Å². The van der Waals surface area contributed by atoms with Crippen LogP contribution in [-0.4, -0.2) is 45.4 Å². The third kappa shape index (κ3) is 5.07. The maximum absolute atomic E-state index is 13.0. The first-order chi connectivity index (χ1) is 15.9. The van der Waals surface area contributed by atoms with Gasteiger partial charge in [0.1, 0.15) is 16.9 Å². The second kappa shape index (κ2) is 9.98. The highest BCUT2D eigenvalue weighted by Crippen LogP contribution is 2.31. The van der Waals surface area contributed by atoms with E-state index in [4.69, 9.17) is 9.47 Å². The molecule has 172 valence electrons.